The van der Waals surface area contributed by atoms with Crippen LogP contribution < -0.4 is 0 Å². The Kier molecular flexibility index (Phi) is 6.24. The normalized spacial score (nSPS) is 39.3. The zero-order chi connectivity index (χ0) is 19.0. The van der Waals surface area contributed by atoms with Crippen molar-refractivity contribution < 1.29 is 4.79 Å². The van der Waals surface area contributed by atoms with Crippen molar-refractivity contribution in [3.05, 3.63) is 0 Å². The topological polar surface area (TPSA) is 23.6 Å². The van der Waals surface area contributed by atoms with Crippen molar-refractivity contribution in [3.63, 3.8) is 0 Å². The molecule has 0 radical (unpaired) electrons. The Morgan fingerprint density at radius 2 is 1.12 bits per heavy atom. The first-order valence-corrected chi connectivity index (χ1v) is 11.4. The number of urea groups is 1. The molecule has 150 valence electrons. The van der Waals surface area contributed by atoms with Gasteiger partial charge in [-0.15, -0.1) is 0 Å². The molecular formula is C23H42N2O. The molecule has 1 aliphatic heterocycles. The Morgan fingerprint density at radius 3 is 1.46 bits per heavy atom. The predicted octanol–water partition coefficient (Wildman–Crippen LogP) is 5.65. The first-order chi connectivity index (χ1) is 12.3. The van der Waals surface area contributed by atoms with E-state index in [1.165, 1.54) is 38.5 Å². The van der Waals surface area contributed by atoms with Gasteiger partial charge in [0.2, 0.25) is 0 Å². The lowest BCUT2D eigenvalue weighted by atomic mass is 9.73. The van der Waals surface area contributed by atoms with Crippen molar-refractivity contribution in [2.45, 2.75) is 92.2 Å². The van der Waals surface area contributed by atoms with E-state index in [4.69, 9.17) is 0 Å². The summed E-state index contributed by atoms with van der Waals surface area (Å²) in [5.74, 6) is 4.23. The minimum atomic E-state index is 0.361. The Labute approximate surface area is 161 Å². The van der Waals surface area contributed by atoms with Crippen molar-refractivity contribution in [1.29, 1.82) is 0 Å². The molecule has 0 spiro atoms. The van der Waals surface area contributed by atoms with Gasteiger partial charge in [-0.05, 0) is 61.2 Å². The quantitative estimate of drug-likeness (QED) is 0.634. The van der Waals surface area contributed by atoms with Crippen LogP contribution in [0.2, 0.25) is 0 Å². The summed E-state index contributed by atoms with van der Waals surface area (Å²) in [5, 5.41) is 0. The highest BCUT2D eigenvalue weighted by molar-refractivity contribution is 5.77. The first-order valence-electron chi connectivity index (χ1n) is 11.4. The van der Waals surface area contributed by atoms with Gasteiger partial charge in [0, 0.05) is 25.2 Å². The molecule has 0 N–H and O–H groups in total. The van der Waals surface area contributed by atoms with E-state index in [0.717, 1.165) is 24.9 Å². The van der Waals surface area contributed by atoms with E-state index in [9.17, 15) is 4.79 Å². The molecule has 3 aliphatic rings. The minimum absolute atomic E-state index is 0.361. The van der Waals surface area contributed by atoms with Gasteiger partial charge in [-0.1, -0.05) is 54.4 Å². The molecule has 6 atom stereocenters. The molecule has 0 aromatic rings. The van der Waals surface area contributed by atoms with E-state index in [0.29, 0.717) is 41.8 Å². The van der Waals surface area contributed by atoms with E-state index < -0.39 is 0 Å². The maximum atomic E-state index is 13.5. The molecule has 1 heterocycles. The monoisotopic (exact) mass is 362 g/mol. The second-order valence-electron chi connectivity index (χ2n) is 10.5. The van der Waals surface area contributed by atoms with Crippen LogP contribution in [0.4, 0.5) is 4.79 Å². The van der Waals surface area contributed by atoms with E-state index in [1.807, 2.05) is 0 Å². The van der Waals surface area contributed by atoms with Crippen LogP contribution in [0, 0.1) is 35.5 Å². The molecule has 3 fully saturated rings. The third-order valence-corrected chi connectivity index (χ3v) is 7.85. The average molecular weight is 363 g/mol. The third kappa shape index (κ3) is 3.92. The van der Waals surface area contributed by atoms with Crippen molar-refractivity contribution in [1.82, 2.24) is 9.80 Å². The molecule has 0 bridgehead atoms. The number of rotatable bonds is 4. The lowest BCUT2D eigenvalue weighted by Crippen LogP contribution is -2.51. The Bertz CT molecular complexity index is 447. The van der Waals surface area contributed by atoms with Crippen LogP contribution in [0.25, 0.3) is 0 Å². The highest BCUT2D eigenvalue weighted by atomic mass is 16.2. The fraction of sp³-hybridized carbons (Fsp3) is 0.957. The van der Waals surface area contributed by atoms with Gasteiger partial charge in [-0.3, -0.25) is 0 Å². The second kappa shape index (κ2) is 8.10. The van der Waals surface area contributed by atoms with E-state index in [-0.39, 0.29) is 0 Å². The number of hydrogen-bond donors (Lipinski definition) is 0. The predicted molar refractivity (Wildman–Crippen MR) is 109 cm³/mol. The van der Waals surface area contributed by atoms with Crippen molar-refractivity contribution in [3.8, 4) is 0 Å². The summed E-state index contributed by atoms with van der Waals surface area (Å²) >= 11 is 0. The lowest BCUT2D eigenvalue weighted by molar-refractivity contribution is 0.0706. The summed E-state index contributed by atoms with van der Waals surface area (Å²) in [5.41, 5.74) is 0. The maximum absolute atomic E-state index is 13.5. The molecule has 0 aromatic carbocycles. The van der Waals surface area contributed by atoms with Crippen LogP contribution in [0.15, 0.2) is 0 Å². The van der Waals surface area contributed by atoms with E-state index in [1.54, 1.807) is 0 Å². The minimum Gasteiger partial charge on any atom is -0.320 e. The second-order valence-corrected chi connectivity index (χ2v) is 10.5. The summed E-state index contributed by atoms with van der Waals surface area (Å²) in [7, 11) is 0. The molecule has 26 heavy (non-hydrogen) atoms. The smallest absolute Gasteiger partial charge is 0.320 e. The van der Waals surface area contributed by atoms with Gasteiger partial charge < -0.3 is 9.80 Å². The lowest BCUT2D eigenvalue weighted by Gasteiger charge is -2.44. The van der Waals surface area contributed by atoms with Gasteiger partial charge in [0.15, 0.2) is 0 Å². The fourth-order valence-electron chi connectivity index (χ4n) is 6.21. The van der Waals surface area contributed by atoms with Crippen molar-refractivity contribution >= 4 is 6.03 Å². The molecule has 2 saturated carbocycles. The summed E-state index contributed by atoms with van der Waals surface area (Å²) in [6.45, 7) is 16.1. The van der Waals surface area contributed by atoms with Crippen LogP contribution in [0.5, 0.6) is 0 Å². The average Bonchev–Trinajstić information content (AvgIpc) is 2.95. The highest BCUT2D eigenvalue weighted by Gasteiger charge is 2.45. The molecule has 2 amide bonds. The van der Waals surface area contributed by atoms with Gasteiger partial charge in [-0.2, -0.15) is 0 Å². The van der Waals surface area contributed by atoms with Gasteiger partial charge in [0.1, 0.15) is 0 Å². The zero-order valence-electron chi connectivity index (χ0n) is 18.1. The van der Waals surface area contributed by atoms with Crippen molar-refractivity contribution in [2.75, 3.05) is 13.1 Å². The standard InChI is InChI=1S/C23H42N2O/c1-15(2)19-9-7-17(5)13-21(19)24-11-12-25(23(24)26)22-14-18(6)8-10-20(22)16(3)4/h15-22H,7-14H2,1-6H3. The summed E-state index contributed by atoms with van der Waals surface area (Å²) in [6.07, 6.45) is 7.67. The number of carbonyl (C=O) groups excluding carboxylic acids is 1. The largest absolute Gasteiger partial charge is 0.320 e. The molecule has 0 aromatic heterocycles. The van der Waals surface area contributed by atoms with E-state index >= 15 is 0 Å². The van der Waals surface area contributed by atoms with Crippen molar-refractivity contribution in [2.24, 2.45) is 35.5 Å². The van der Waals surface area contributed by atoms with Gasteiger partial charge in [0.25, 0.3) is 0 Å². The Balaban J connectivity index is 1.75. The summed E-state index contributed by atoms with van der Waals surface area (Å²) in [4.78, 5) is 18.1. The Morgan fingerprint density at radius 1 is 0.731 bits per heavy atom. The number of carbonyl (C=O) groups is 1. The maximum Gasteiger partial charge on any atom is 0.320 e. The van der Waals surface area contributed by atoms with Gasteiger partial charge >= 0.3 is 6.03 Å². The summed E-state index contributed by atoms with van der Waals surface area (Å²) in [6, 6.07) is 1.30. The Hall–Kier alpha value is -0.730. The van der Waals surface area contributed by atoms with Crippen LogP contribution in [0.1, 0.15) is 80.1 Å². The zero-order valence-corrected chi connectivity index (χ0v) is 18.1. The highest BCUT2D eigenvalue weighted by Crippen LogP contribution is 2.41. The van der Waals surface area contributed by atoms with Gasteiger partial charge in [0.05, 0.1) is 0 Å². The molecule has 3 rings (SSSR count). The van der Waals surface area contributed by atoms with Crippen LogP contribution in [-0.4, -0.2) is 41.0 Å². The number of amides is 2. The first kappa shape index (κ1) is 20.0. The van der Waals surface area contributed by atoms with E-state index in [2.05, 4.69) is 51.3 Å². The number of hydrogen-bond acceptors (Lipinski definition) is 1. The molecule has 6 unspecified atom stereocenters. The molecule has 1 saturated heterocycles. The third-order valence-electron chi connectivity index (χ3n) is 7.85. The number of nitrogens with zero attached hydrogens (tertiary/aromatic N) is 2. The molecule has 2 aliphatic carbocycles. The van der Waals surface area contributed by atoms with Gasteiger partial charge in [-0.25, -0.2) is 4.79 Å². The van der Waals surface area contributed by atoms with Crippen LogP contribution in [0.3, 0.4) is 0 Å². The van der Waals surface area contributed by atoms with Crippen LogP contribution >= 0.6 is 0 Å². The fourth-order valence-corrected chi connectivity index (χ4v) is 6.21. The molecule has 3 heteroatoms. The summed E-state index contributed by atoms with van der Waals surface area (Å²) < 4.78 is 0. The molecular weight excluding hydrogens is 320 g/mol. The SMILES string of the molecule is CC1CCC(C(C)C)C(N2CCN(C3CC(C)CCC3C(C)C)C2=O)C1. The van der Waals surface area contributed by atoms with Crippen LogP contribution in [-0.2, 0) is 0 Å². The molecule has 3 nitrogen and oxygen atoms in total.